The highest BCUT2D eigenvalue weighted by atomic mass is 32.1. The van der Waals surface area contributed by atoms with Crippen LogP contribution in [0.4, 0.5) is 4.79 Å². The number of aliphatic hydroxyl groups is 1. The molecule has 0 radical (unpaired) electrons. The van der Waals surface area contributed by atoms with E-state index in [1.165, 1.54) is 9.75 Å². The van der Waals surface area contributed by atoms with Crippen LogP contribution >= 0.6 is 11.3 Å². The van der Waals surface area contributed by atoms with E-state index in [1.807, 2.05) is 6.07 Å². The van der Waals surface area contributed by atoms with E-state index < -0.39 is 0 Å². The van der Waals surface area contributed by atoms with Crippen molar-refractivity contribution in [3.63, 3.8) is 0 Å². The van der Waals surface area contributed by atoms with Gasteiger partial charge in [0.2, 0.25) is 0 Å². The minimum absolute atomic E-state index is 0.0613. The smallest absolute Gasteiger partial charge is 0.317 e. The first-order valence-electron chi connectivity index (χ1n) is 7.28. The maximum absolute atomic E-state index is 12.0. The van der Waals surface area contributed by atoms with Gasteiger partial charge in [-0.2, -0.15) is 0 Å². The van der Waals surface area contributed by atoms with E-state index in [0.717, 1.165) is 25.7 Å². The van der Waals surface area contributed by atoms with Crippen LogP contribution in [0.3, 0.4) is 0 Å². The van der Waals surface area contributed by atoms with Crippen molar-refractivity contribution in [2.75, 3.05) is 13.6 Å². The van der Waals surface area contributed by atoms with Crippen molar-refractivity contribution in [3.8, 4) is 0 Å². The summed E-state index contributed by atoms with van der Waals surface area (Å²) < 4.78 is 0. The predicted molar refractivity (Wildman–Crippen MR) is 81.9 cm³/mol. The van der Waals surface area contributed by atoms with Crippen molar-refractivity contribution in [1.82, 2.24) is 10.2 Å². The average molecular weight is 296 g/mol. The fourth-order valence-electron chi connectivity index (χ4n) is 2.71. The number of carbonyl (C=O) groups excluding carboxylic acids is 1. The molecular weight excluding hydrogens is 272 g/mol. The summed E-state index contributed by atoms with van der Waals surface area (Å²) in [4.78, 5) is 16.2. The van der Waals surface area contributed by atoms with Gasteiger partial charge in [0.1, 0.15) is 0 Å². The van der Waals surface area contributed by atoms with Gasteiger partial charge >= 0.3 is 6.03 Å². The van der Waals surface area contributed by atoms with Crippen LogP contribution in [0.1, 0.15) is 35.4 Å². The van der Waals surface area contributed by atoms with E-state index in [4.69, 9.17) is 0 Å². The quantitative estimate of drug-likeness (QED) is 0.897. The molecule has 2 amide bonds. The molecule has 5 heteroatoms. The highest BCUT2D eigenvalue weighted by Gasteiger charge is 2.25. The number of aryl methyl sites for hydroxylation is 1. The molecule has 0 aliphatic heterocycles. The number of amides is 2. The van der Waals surface area contributed by atoms with E-state index in [0.29, 0.717) is 13.1 Å². The molecule has 1 aliphatic carbocycles. The molecule has 2 rings (SSSR count). The summed E-state index contributed by atoms with van der Waals surface area (Å²) >= 11 is 1.70. The molecule has 1 heterocycles. The number of nitrogens with zero attached hydrogens (tertiary/aromatic N) is 1. The van der Waals surface area contributed by atoms with Crippen molar-refractivity contribution in [1.29, 1.82) is 0 Å². The van der Waals surface area contributed by atoms with E-state index in [-0.39, 0.29) is 18.1 Å². The number of thiophene rings is 1. The van der Waals surface area contributed by atoms with Gasteiger partial charge in [-0.05, 0) is 31.9 Å². The summed E-state index contributed by atoms with van der Waals surface area (Å²) in [6.07, 6.45) is 3.90. The van der Waals surface area contributed by atoms with Crippen LogP contribution in [-0.4, -0.2) is 35.7 Å². The SMILES string of the molecule is Cc1ccc(CNC(=O)N(C)C[C@@H]2CCCC[C@@H]2O)s1. The van der Waals surface area contributed by atoms with Crippen molar-refractivity contribution < 1.29 is 9.90 Å². The molecule has 0 aromatic carbocycles. The third-order valence-corrected chi connectivity index (χ3v) is 4.93. The minimum atomic E-state index is -0.251. The average Bonchev–Trinajstić information content (AvgIpc) is 2.84. The standard InChI is InChI=1S/C15H24N2O2S/c1-11-7-8-13(20-11)9-16-15(19)17(2)10-12-5-3-4-6-14(12)18/h7-8,12,14,18H,3-6,9-10H2,1-2H3,(H,16,19)/t12-,14-/m0/s1. The fraction of sp³-hybridized carbons (Fsp3) is 0.667. The summed E-state index contributed by atoms with van der Waals surface area (Å²) in [5.74, 6) is 0.225. The van der Waals surface area contributed by atoms with Crippen molar-refractivity contribution in [2.45, 2.75) is 45.3 Å². The Bertz CT molecular complexity index is 447. The van der Waals surface area contributed by atoms with Crippen LogP contribution in [0.5, 0.6) is 0 Å². The highest BCUT2D eigenvalue weighted by Crippen LogP contribution is 2.24. The fourth-order valence-corrected chi connectivity index (χ4v) is 3.54. The second kappa shape index (κ2) is 7.09. The number of hydrogen-bond acceptors (Lipinski definition) is 3. The number of urea groups is 1. The van der Waals surface area contributed by atoms with Crippen LogP contribution in [-0.2, 0) is 6.54 Å². The first kappa shape index (κ1) is 15.3. The molecule has 1 fully saturated rings. The Morgan fingerprint density at radius 1 is 1.45 bits per heavy atom. The van der Waals surface area contributed by atoms with Gasteiger partial charge in [0, 0.05) is 29.3 Å². The number of aliphatic hydroxyl groups excluding tert-OH is 1. The van der Waals surface area contributed by atoms with E-state index in [1.54, 1.807) is 23.3 Å². The molecular formula is C15H24N2O2S. The van der Waals surface area contributed by atoms with Crippen molar-refractivity contribution in [2.24, 2.45) is 5.92 Å². The van der Waals surface area contributed by atoms with Gasteiger partial charge < -0.3 is 15.3 Å². The molecule has 0 saturated heterocycles. The molecule has 112 valence electrons. The molecule has 1 aliphatic rings. The molecule has 0 unspecified atom stereocenters. The van der Waals surface area contributed by atoms with Gasteiger partial charge in [-0.1, -0.05) is 12.8 Å². The molecule has 1 aromatic heterocycles. The molecule has 0 bridgehead atoms. The normalized spacial score (nSPS) is 22.6. The molecule has 20 heavy (non-hydrogen) atoms. The molecule has 0 spiro atoms. The van der Waals surface area contributed by atoms with Crippen molar-refractivity contribution >= 4 is 17.4 Å². The Morgan fingerprint density at radius 3 is 2.85 bits per heavy atom. The van der Waals surface area contributed by atoms with Gasteiger partial charge in [-0.25, -0.2) is 4.79 Å². The Balaban J connectivity index is 1.76. The zero-order chi connectivity index (χ0) is 14.5. The third-order valence-electron chi connectivity index (χ3n) is 3.93. The zero-order valence-corrected chi connectivity index (χ0v) is 13.1. The number of rotatable bonds is 4. The van der Waals surface area contributed by atoms with E-state index >= 15 is 0 Å². The lowest BCUT2D eigenvalue weighted by Crippen LogP contribution is -2.42. The van der Waals surface area contributed by atoms with Crippen LogP contribution in [0.25, 0.3) is 0 Å². The lowest BCUT2D eigenvalue weighted by Gasteiger charge is -2.31. The second-order valence-electron chi connectivity index (χ2n) is 5.66. The van der Waals surface area contributed by atoms with Gasteiger partial charge in [-0.3, -0.25) is 0 Å². The Kier molecular flexibility index (Phi) is 5.43. The lowest BCUT2D eigenvalue weighted by atomic mass is 9.86. The zero-order valence-electron chi connectivity index (χ0n) is 12.3. The number of carbonyl (C=O) groups is 1. The minimum Gasteiger partial charge on any atom is -0.393 e. The molecule has 2 atom stereocenters. The summed E-state index contributed by atoms with van der Waals surface area (Å²) in [6, 6.07) is 4.05. The lowest BCUT2D eigenvalue weighted by molar-refractivity contribution is 0.0565. The molecule has 2 N–H and O–H groups in total. The molecule has 1 aromatic rings. The topological polar surface area (TPSA) is 52.6 Å². The Morgan fingerprint density at radius 2 is 2.20 bits per heavy atom. The van der Waals surface area contributed by atoms with Crippen LogP contribution in [0.2, 0.25) is 0 Å². The maximum atomic E-state index is 12.0. The molecule has 1 saturated carbocycles. The monoisotopic (exact) mass is 296 g/mol. The summed E-state index contributed by atoms with van der Waals surface area (Å²) in [5, 5.41) is 12.9. The van der Waals surface area contributed by atoms with Crippen molar-refractivity contribution in [3.05, 3.63) is 21.9 Å². The number of nitrogens with one attached hydrogen (secondary N) is 1. The summed E-state index contributed by atoms with van der Waals surface area (Å²) in [7, 11) is 1.80. The second-order valence-corrected chi connectivity index (χ2v) is 7.04. The summed E-state index contributed by atoms with van der Waals surface area (Å²) in [6.45, 7) is 3.28. The van der Waals surface area contributed by atoms with Crippen LogP contribution in [0, 0.1) is 12.8 Å². The number of hydrogen-bond donors (Lipinski definition) is 2. The Hall–Kier alpha value is -1.07. The first-order valence-corrected chi connectivity index (χ1v) is 8.10. The first-order chi connectivity index (χ1) is 9.56. The summed E-state index contributed by atoms with van der Waals surface area (Å²) in [5.41, 5.74) is 0. The maximum Gasteiger partial charge on any atom is 0.317 e. The largest absolute Gasteiger partial charge is 0.393 e. The van der Waals surface area contributed by atoms with Crippen LogP contribution in [0.15, 0.2) is 12.1 Å². The van der Waals surface area contributed by atoms with Gasteiger partial charge in [-0.15, -0.1) is 11.3 Å². The van der Waals surface area contributed by atoms with Gasteiger partial charge in [0.05, 0.1) is 12.6 Å². The van der Waals surface area contributed by atoms with E-state index in [9.17, 15) is 9.90 Å². The predicted octanol–water partition coefficient (Wildman–Crippen LogP) is 2.75. The highest BCUT2D eigenvalue weighted by molar-refractivity contribution is 7.11. The van der Waals surface area contributed by atoms with E-state index in [2.05, 4.69) is 18.3 Å². The van der Waals surface area contributed by atoms with Gasteiger partial charge in [0.25, 0.3) is 0 Å². The Labute approximate surface area is 124 Å². The van der Waals surface area contributed by atoms with Gasteiger partial charge in [0.15, 0.2) is 0 Å². The third kappa shape index (κ3) is 4.21. The van der Waals surface area contributed by atoms with Crippen LogP contribution < -0.4 is 5.32 Å². The molecule has 4 nitrogen and oxygen atoms in total.